The fraction of sp³-hybridized carbons (Fsp3) is 0.312. The van der Waals surface area contributed by atoms with Gasteiger partial charge in [-0.05, 0) is 65.6 Å². The Hall–Kier alpha value is -1.39. The molecule has 0 saturated carbocycles. The SMILES string of the molecule is CNC(c1cncc(Br)c1)c1c(C)cc(C)cc1OC. The highest BCUT2D eigenvalue weighted by molar-refractivity contribution is 9.10. The minimum Gasteiger partial charge on any atom is -0.496 e. The molecule has 2 aromatic rings. The van der Waals surface area contributed by atoms with Crippen LogP contribution in [0, 0.1) is 13.8 Å². The minimum atomic E-state index is 0.0514. The summed E-state index contributed by atoms with van der Waals surface area (Å²) in [4.78, 5) is 4.25. The van der Waals surface area contributed by atoms with Gasteiger partial charge >= 0.3 is 0 Å². The average Bonchev–Trinajstić information content (AvgIpc) is 2.41. The molecule has 1 atom stereocenters. The van der Waals surface area contributed by atoms with Crippen LogP contribution in [0.2, 0.25) is 0 Å². The van der Waals surface area contributed by atoms with Gasteiger partial charge in [0.25, 0.3) is 0 Å². The molecule has 3 nitrogen and oxygen atoms in total. The molecule has 0 fully saturated rings. The summed E-state index contributed by atoms with van der Waals surface area (Å²) in [5.41, 5.74) is 4.67. The number of nitrogens with zero attached hydrogens (tertiary/aromatic N) is 1. The predicted octanol–water partition coefficient (Wildman–Crippen LogP) is 3.78. The highest BCUT2D eigenvalue weighted by Crippen LogP contribution is 2.34. The van der Waals surface area contributed by atoms with E-state index in [4.69, 9.17) is 4.74 Å². The van der Waals surface area contributed by atoms with Crippen molar-refractivity contribution in [2.75, 3.05) is 14.2 Å². The van der Waals surface area contributed by atoms with Crippen LogP contribution in [0.4, 0.5) is 0 Å². The quantitative estimate of drug-likeness (QED) is 0.923. The maximum atomic E-state index is 5.57. The maximum absolute atomic E-state index is 5.57. The smallest absolute Gasteiger partial charge is 0.124 e. The van der Waals surface area contributed by atoms with Gasteiger partial charge in [0, 0.05) is 22.4 Å². The van der Waals surface area contributed by atoms with Crippen molar-refractivity contribution in [2.45, 2.75) is 19.9 Å². The largest absolute Gasteiger partial charge is 0.496 e. The Balaban J connectivity index is 2.57. The molecule has 0 amide bonds. The van der Waals surface area contributed by atoms with Crippen molar-refractivity contribution in [1.82, 2.24) is 10.3 Å². The molecule has 0 radical (unpaired) electrons. The second-order valence-corrected chi connectivity index (χ2v) is 5.77. The zero-order valence-corrected chi connectivity index (χ0v) is 13.8. The van der Waals surface area contributed by atoms with Crippen LogP contribution in [-0.2, 0) is 0 Å². The number of hydrogen-bond donors (Lipinski definition) is 1. The molecule has 20 heavy (non-hydrogen) atoms. The first-order valence-electron chi connectivity index (χ1n) is 6.49. The normalized spacial score (nSPS) is 12.2. The Morgan fingerprint density at radius 1 is 1.20 bits per heavy atom. The number of ether oxygens (including phenoxy) is 1. The van der Waals surface area contributed by atoms with Gasteiger partial charge in [-0.1, -0.05) is 6.07 Å². The zero-order chi connectivity index (χ0) is 14.7. The zero-order valence-electron chi connectivity index (χ0n) is 12.2. The average molecular weight is 335 g/mol. The molecule has 1 aromatic carbocycles. The van der Waals surface area contributed by atoms with E-state index in [-0.39, 0.29) is 6.04 Å². The van der Waals surface area contributed by atoms with Crippen molar-refractivity contribution in [3.63, 3.8) is 0 Å². The summed E-state index contributed by atoms with van der Waals surface area (Å²) >= 11 is 3.48. The maximum Gasteiger partial charge on any atom is 0.124 e. The summed E-state index contributed by atoms with van der Waals surface area (Å²) in [5, 5.41) is 3.36. The van der Waals surface area contributed by atoms with Gasteiger partial charge in [0.05, 0.1) is 13.2 Å². The van der Waals surface area contributed by atoms with E-state index in [0.29, 0.717) is 0 Å². The van der Waals surface area contributed by atoms with Crippen molar-refractivity contribution in [3.05, 3.63) is 57.3 Å². The monoisotopic (exact) mass is 334 g/mol. The Bertz CT molecular complexity index is 613. The number of hydrogen-bond acceptors (Lipinski definition) is 3. The highest BCUT2D eigenvalue weighted by atomic mass is 79.9. The van der Waals surface area contributed by atoms with Gasteiger partial charge in [0.2, 0.25) is 0 Å². The van der Waals surface area contributed by atoms with Gasteiger partial charge in [0.1, 0.15) is 5.75 Å². The first-order valence-corrected chi connectivity index (χ1v) is 7.29. The summed E-state index contributed by atoms with van der Waals surface area (Å²) in [6, 6.07) is 6.37. The first-order chi connectivity index (χ1) is 9.56. The van der Waals surface area contributed by atoms with Gasteiger partial charge in [-0.2, -0.15) is 0 Å². The van der Waals surface area contributed by atoms with Gasteiger partial charge in [-0.25, -0.2) is 0 Å². The summed E-state index contributed by atoms with van der Waals surface area (Å²) in [6.45, 7) is 4.19. The molecule has 0 aliphatic rings. The Kier molecular flexibility index (Phi) is 4.78. The summed E-state index contributed by atoms with van der Waals surface area (Å²) in [6.07, 6.45) is 3.67. The van der Waals surface area contributed by atoms with Crippen molar-refractivity contribution in [2.24, 2.45) is 0 Å². The lowest BCUT2D eigenvalue weighted by atomic mass is 9.93. The van der Waals surface area contributed by atoms with Crippen molar-refractivity contribution in [3.8, 4) is 5.75 Å². The standard InChI is InChI=1S/C16H19BrN2O/c1-10-5-11(2)15(14(6-10)20-4)16(18-3)12-7-13(17)9-19-8-12/h5-9,16,18H,1-4H3. The third kappa shape index (κ3) is 3.02. The van der Waals surface area contributed by atoms with Gasteiger partial charge in [-0.3, -0.25) is 4.98 Å². The van der Waals surface area contributed by atoms with Crippen LogP contribution < -0.4 is 10.1 Å². The molecule has 0 bridgehead atoms. The number of methoxy groups -OCH3 is 1. The molecule has 0 aliphatic heterocycles. The van der Waals surface area contributed by atoms with Crippen LogP contribution in [0.5, 0.6) is 5.75 Å². The van der Waals surface area contributed by atoms with Crippen LogP contribution in [0.15, 0.2) is 35.1 Å². The molecule has 1 unspecified atom stereocenters. The molecule has 0 spiro atoms. The van der Waals surface area contributed by atoms with E-state index in [1.54, 1.807) is 13.3 Å². The Labute approximate surface area is 128 Å². The molecule has 0 saturated heterocycles. The highest BCUT2D eigenvalue weighted by Gasteiger charge is 2.20. The lowest BCUT2D eigenvalue weighted by molar-refractivity contribution is 0.404. The second kappa shape index (κ2) is 6.37. The second-order valence-electron chi connectivity index (χ2n) is 4.86. The number of aromatic nitrogens is 1. The van der Waals surface area contributed by atoms with E-state index in [1.807, 2.05) is 13.2 Å². The molecule has 4 heteroatoms. The third-order valence-electron chi connectivity index (χ3n) is 3.35. The van der Waals surface area contributed by atoms with Crippen LogP contribution in [0.1, 0.15) is 28.3 Å². The molecule has 2 rings (SSSR count). The topological polar surface area (TPSA) is 34.2 Å². The fourth-order valence-corrected chi connectivity index (χ4v) is 2.92. The lowest BCUT2D eigenvalue weighted by Crippen LogP contribution is -2.20. The third-order valence-corrected chi connectivity index (χ3v) is 3.78. The number of nitrogens with one attached hydrogen (secondary N) is 1. The van der Waals surface area contributed by atoms with E-state index in [0.717, 1.165) is 21.3 Å². The van der Waals surface area contributed by atoms with E-state index < -0.39 is 0 Å². The lowest BCUT2D eigenvalue weighted by Gasteiger charge is -2.22. The molecule has 1 aromatic heterocycles. The van der Waals surface area contributed by atoms with Crippen LogP contribution >= 0.6 is 15.9 Å². The molecule has 1 heterocycles. The first kappa shape index (κ1) is 15.0. The number of pyridine rings is 1. The Morgan fingerprint density at radius 3 is 2.55 bits per heavy atom. The van der Waals surface area contributed by atoms with Gasteiger partial charge < -0.3 is 10.1 Å². The molecular formula is C16H19BrN2O. The predicted molar refractivity (Wildman–Crippen MR) is 85.3 cm³/mol. The molecule has 1 N–H and O–H groups in total. The van der Waals surface area contributed by atoms with E-state index in [2.05, 4.69) is 58.3 Å². The number of rotatable bonds is 4. The summed E-state index contributed by atoms with van der Waals surface area (Å²) in [5.74, 6) is 0.904. The van der Waals surface area contributed by atoms with Crippen molar-refractivity contribution in [1.29, 1.82) is 0 Å². The fourth-order valence-electron chi connectivity index (χ4n) is 2.54. The molecule has 106 valence electrons. The molecule has 0 aliphatic carbocycles. The number of aryl methyl sites for hydroxylation is 2. The van der Waals surface area contributed by atoms with E-state index >= 15 is 0 Å². The summed E-state index contributed by atoms with van der Waals surface area (Å²) in [7, 11) is 3.66. The van der Waals surface area contributed by atoms with Gasteiger partial charge in [-0.15, -0.1) is 0 Å². The van der Waals surface area contributed by atoms with Gasteiger partial charge in [0.15, 0.2) is 0 Å². The number of halogens is 1. The Morgan fingerprint density at radius 2 is 1.95 bits per heavy atom. The van der Waals surface area contributed by atoms with Crippen LogP contribution in [-0.4, -0.2) is 19.1 Å². The van der Waals surface area contributed by atoms with Crippen molar-refractivity contribution >= 4 is 15.9 Å². The van der Waals surface area contributed by atoms with Crippen LogP contribution in [0.3, 0.4) is 0 Å². The minimum absolute atomic E-state index is 0.0514. The van der Waals surface area contributed by atoms with Crippen LogP contribution in [0.25, 0.3) is 0 Å². The number of benzene rings is 1. The van der Waals surface area contributed by atoms with E-state index in [9.17, 15) is 0 Å². The van der Waals surface area contributed by atoms with Crippen molar-refractivity contribution < 1.29 is 4.74 Å². The van der Waals surface area contributed by atoms with E-state index in [1.165, 1.54) is 11.1 Å². The summed E-state index contributed by atoms with van der Waals surface area (Å²) < 4.78 is 6.54. The molecular weight excluding hydrogens is 316 g/mol.